The van der Waals surface area contributed by atoms with E-state index in [1.165, 1.54) is 26.8 Å². The van der Waals surface area contributed by atoms with Gasteiger partial charge in [-0.15, -0.1) is 0 Å². The van der Waals surface area contributed by atoms with Crippen LogP contribution in [-0.4, -0.2) is 34.9 Å². The number of carbonyl (C=O) groups excluding carboxylic acids is 1. The van der Waals surface area contributed by atoms with Gasteiger partial charge >= 0.3 is 14.1 Å². The monoisotopic (exact) mass is 210 g/mol. The molecule has 0 fully saturated rings. The number of hydrogen-bond acceptors (Lipinski definition) is 6. The molecule has 0 aliphatic heterocycles. The van der Waals surface area contributed by atoms with Crippen molar-refractivity contribution < 1.29 is 19.3 Å². The van der Waals surface area contributed by atoms with Crippen LogP contribution < -0.4 is 4.72 Å². The van der Waals surface area contributed by atoms with Crippen LogP contribution in [0.2, 0.25) is 13.6 Å². The van der Waals surface area contributed by atoms with Crippen molar-refractivity contribution in [3.8, 4) is 0 Å². The van der Waals surface area contributed by atoms with Crippen molar-refractivity contribution in [1.82, 2.24) is 4.98 Å². The van der Waals surface area contributed by atoms with E-state index in [2.05, 4.69) is 4.98 Å². The number of carbonyl (C=O) groups is 1. The van der Waals surface area contributed by atoms with Gasteiger partial charge in [-0.05, 0) is 13.6 Å². The van der Waals surface area contributed by atoms with E-state index < -0.39 is 14.1 Å². The zero-order valence-electron chi connectivity index (χ0n) is 8.84. The Balaban J connectivity index is 2.97. The SMILES string of the molecule is CB(O)N(B(C)O)c1nc(C(C)=O)co1. The predicted molar refractivity (Wildman–Crippen MR) is 56.7 cm³/mol. The van der Waals surface area contributed by atoms with Gasteiger partial charge in [0.05, 0.1) is 0 Å². The Morgan fingerprint density at radius 3 is 2.33 bits per heavy atom. The number of ketones is 1. The first kappa shape index (κ1) is 11.8. The normalized spacial score (nSPS) is 9.93. The fourth-order valence-electron chi connectivity index (χ4n) is 1.18. The molecule has 0 atom stereocenters. The standard InChI is InChI=1S/C7H12B2N2O4/c1-5(12)6-4-15-7(10-6)11(8(2)13)9(3)14/h4,13-14H,1-3H3. The molecule has 1 aromatic rings. The summed E-state index contributed by atoms with van der Waals surface area (Å²) in [7, 11) is -1.91. The number of Topliss-reactive ketones (excluding diaryl/α,β-unsaturated/α-hetero) is 1. The van der Waals surface area contributed by atoms with Crippen molar-refractivity contribution in [2.45, 2.75) is 20.6 Å². The number of rotatable bonds is 4. The second-order valence-electron chi connectivity index (χ2n) is 3.24. The van der Waals surface area contributed by atoms with Crippen molar-refractivity contribution >= 4 is 25.9 Å². The average Bonchev–Trinajstić information content (AvgIpc) is 2.51. The summed E-state index contributed by atoms with van der Waals surface area (Å²) in [5.74, 6) is -0.235. The molecule has 8 heteroatoms. The van der Waals surface area contributed by atoms with E-state index in [1.54, 1.807) is 0 Å². The van der Waals surface area contributed by atoms with Gasteiger partial charge in [-0.1, -0.05) is 0 Å². The second kappa shape index (κ2) is 4.50. The zero-order valence-corrected chi connectivity index (χ0v) is 8.84. The van der Waals surface area contributed by atoms with Crippen LogP contribution in [0.15, 0.2) is 10.7 Å². The van der Waals surface area contributed by atoms with E-state index in [0.717, 1.165) is 4.72 Å². The molecule has 0 aliphatic rings. The summed E-state index contributed by atoms with van der Waals surface area (Å²) in [5.41, 5.74) is 0.163. The van der Waals surface area contributed by atoms with E-state index in [0.29, 0.717) is 0 Å². The third-order valence-corrected chi connectivity index (χ3v) is 1.88. The molecule has 80 valence electrons. The lowest BCUT2D eigenvalue weighted by atomic mass is 9.70. The number of oxazole rings is 1. The predicted octanol–water partition coefficient (Wildman–Crippen LogP) is -0.0958. The third-order valence-electron chi connectivity index (χ3n) is 1.88. The van der Waals surface area contributed by atoms with Gasteiger partial charge in [-0.3, -0.25) is 4.79 Å². The summed E-state index contributed by atoms with van der Waals surface area (Å²) in [5, 5.41) is 18.7. The highest BCUT2D eigenvalue weighted by atomic mass is 16.4. The molecule has 0 saturated carbocycles. The highest BCUT2D eigenvalue weighted by molar-refractivity contribution is 6.74. The maximum absolute atomic E-state index is 11.0. The molecule has 0 spiro atoms. The first-order valence-corrected chi connectivity index (χ1v) is 4.54. The van der Waals surface area contributed by atoms with Crippen LogP contribution in [0, 0.1) is 0 Å². The highest BCUT2D eigenvalue weighted by Crippen LogP contribution is 2.15. The smallest absolute Gasteiger partial charge is 0.402 e. The molecule has 0 unspecified atom stereocenters. The first-order valence-electron chi connectivity index (χ1n) is 4.54. The Morgan fingerprint density at radius 2 is 2.00 bits per heavy atom. The Hall–Kier alpha value is -1.27. The van der Waals surface area contributed by atoms with E-state index in [4.69, 9.17) is 4.42 Å². The summed E-state index contributed by atoms with van der Waals surface area (Å²) < 4.78 is 6.13. The van der Waals surface area contributed by atoms with E-state index in [-0.39, 0.29) is 17.5 Å². The third kappa shape index (κ3) is 2.60. The van der Waals surface area contributed by atoms with Crippen molar-refractivity contribution in [3.63, 3.8) is 0 Å². The summed E-state index contributed by atoms with van der Waals surface area (Å²) in [6, 6.07) is 0.0187. The molecule has 15 heavy (non-hydrogen) atoms. The van der Waals surface area contributed by atoms with Crippen LogP contribution in [0.4, 0.5) is 6.01 Å². The Morgan fingerprint density at radius 1 is 1.47 bits per heavy atom. The Bertz CT molecular complexity index is 345. The molecule has 0 saturated heterocycles. The van der Waals surface area contributed by atoms with Gasteiger partial charge in [0.25, 0.3) is 6.01 Å². The van der Waals surface area contributed by atoms with Gasteiger partial charge in [0.2, 0.25) is 0 Å². The molecule has 0 aliphatic carbocycles. The number of hydrogen-bond donors (Lipinski definition) is 2. The lowest BCUT2D eigenvalue weighted by Gasteiger charge is -2.21. The van der Waals surface area contributed by atoms with Crippen LogP contribution in [-0.2, 0) is 0 Å². The second-order valence-corrected chi connectivity index (χ2v) is 3.24. The molecule has 1 aromatic heterocycles. The molecule has 0 bridgehead atoms. The van der Waals surface area contributed by atoms with Gasteiger partial charge in [0, 0.05) is 6.92 Å². The molecule has 1 rings (SSSR count). The van der Waals surface area contributed by atoms with E-state index >= 15 is 0 Å². The van der Waals surface area contributed by atoms with Crippen LogP contribution in [0.5, 0.6) is 0 Å². The minimum Gasteiger partial charge on any atom is -0.433 e. The summed E-state index contributed by atoms with van der Waals surface area (Å²) in [4.78, 5) is 14.8. The lowest BCUT2D eigenvalue weighted by Crippen LogP contribution is -2.47. The molecular formula is C7H12B2N2O4. The molecule has 1 heterocycles. The lowest BCUT2D eigenvalue weighted by molar-refractivity contribution is 0.101. The molecule has 6 nitrogen and oxygen atoms in total. The van der Waals surface area contributed by atoms with E-state index in [1.807, 2.05) is 0 Å². The number of anilines is 1. The summed E-state index contributed by atoms with van der Waals surface area (Å²) in [6.45, 7) is 4.28. The molecule has 0 amide bonds. The van der Waals surface area contributed by atoms with E-state index in [9.17, 15) is 14.8 Å². The van der Waals surface area contributed by atoms with Crippen LogP contribution >= 0.6 is 0 Å². The highest BCUT2D eigenvalue weighted by Gasteiger charge is 2.28. The van der Waals surface area contributed by atoms with Gasteiger partial charge in [-0.2, -0.15) is 4.98 Å². The molecule has 2 N–H and O–H groups in total. The Labute approximate surface area is 88.2 Å². The van der Waals surface area contributed by atoms with Gasteiger partial charge in [-0.25, -0.2) is 0 Å². The van der Waals surface area contributed by atoms with Crippen molar-refractivity contribution in [2.24, 2.45) is 0 Å². The van der Waals surface area contributed by atoms with Gasteiger partial charge < -0.3 is 19.2 Å². The zero-order chi connectivity index (χ0) is 11.6. The minimum atomic E-state index is -0.955. The van der Waals surface area contributed by atoms with Gasteiger partial charge in [0.15, 0.2) is 5.78 Å². The van der Waals surface area contributed by atoms with Crippen LogP contribution in [0.25, 0.3) is 0 Å². The number of aromatic nitrogens is 1. The van der Waals surface area contributed by atoms with Gasteiger partial charge in [0.1, 0.15) is 12.0 Å². The van der Waals surface area contributed by atoms with Crippen LogP contribution in [0.3, 0.4) is 0 Å². The topological polar surface area (TPSA) is 86.8 Å². The summed E-state index contributed by atoms with van der Waals surface area (Å²) >= 11 is 0. The van der Waals surface area contributed by atoms with Crippen molar-refractivity contribution in [3.05, 3.63) is 12.0 Å². The largest absolute Gasteiger partial charge is 0.433 e. The molecule has 0 radical (unpaired) electrons. The van der Waals surface area contributed by atoms with Crippen molar-refractivity contribution in [2.75, 3.05) is 4.72 Å². The maximum Gasteiger partial charge on any atom is 0.402 e. The molecule has 0 aromatic carbocycles. The average molecular weight is 210 g/mol. The molecular weight excluding hydrogens is 198 g/mol. The summed E-state index contributed by atoms with van der Waals surface area (Å²) in [6.07, 6.45) is 1.19. The Kier molecular flexibility index (Phi) is 3.54. The minimum absolute atomic E-state index is 0.0187. The fourth-order valence-corrected chi connectivity index (χ4v) is 1.18. The fraction of sp³-hybridized carbons (Fsp3) is 0.429. The van der Waals surface area contributed by atoms with Crippen molar-refractivity contribution in [1.29, 1.82) is 0 Å². The first-order chi connectivity index (χ1) is 6.93. The van der Waals surface area contributed by atoms with Crippen LogP contribution in [0.1, 0.15) is 17.4 Å². The quantitative estimate of drug-likeness (QED) is 0.532. The maximum atomic E-state index is 11.0. The number of nitrogens with zero attached hydrogens (tertiary/aromatic N) is 2.